The van der Waals surface area contributed by atoms with Crippen molar-refractivity contribution < 1.29 is 13.9 Å². The Morgan fingerprint density at radius 3 is 2.57 bits per heavy atom. The van der Waals surface area contributed by atoms with Crippen LogP contribution in [-0.2, 0) is 4.79 Å². The summed E-state index contributed by atoms with van der Waals surface area (Å²) in [6, 6.07) is 16.2. The highest BCUT2D eigenvalue weighted by Crippen LogP contribution is 2.38. The first-order valence-electron chi connectivity index (χ1n) is 9.46. The highest BCUT2D eigenvalue weighted by Gasteiger charge is 2.21. The van der Waals surface area contributed by atoms with Crippen LogP contribution in [-0.4, -0.2) is 21.9 Å². The third-order valence-electron chi connectivity index (χ3n) is 4.84. The quantitative estimate of drug-likeness (QED) is 0.500. The Labute approximate surface area is 173 Å². The molecule has 30 heavy (non-hydrogen) atoms. The molecular weight excluding hydrogens is 383 g/mol. The van der Waals surface area contributed by atoms with Gasteiger partial charge in [0.2, 0.25) is 0 Å². The van der Waals surface area contributed by atoms with Crippen molar-refractivity contribution in [1.29, 1.82) is 0 Å². The Morgan fingerprint density at radius 1 is 1.10 bits per heavy atom. The van der Waals surface area contributed by atoms with Crippen LogP contribution in [0.15, 0.2) is 60.8 Å². The molecule has 3 N–H and O–H groups in total. The number of ether oxygens (including phenoxy) is 1. The molecule has 2 aromatic carbocycles. The van der Waals surface area contributed by atoms with Gasteiger partial charge in [0.05, 0.1) is 0 Å². The zero-order valence-corrected chi connectivity index (χ0v) is 16.6. The van der Waals surface area contributed by atoms with Crippen molar-refractivity contribution in [2.24, 2.45) is 5.73 Å². The van der Waals surface area contributed by atoms with Gasteiger partial charge in [-0.05, 0) is 49.2 Å². The smallest absolute Gasteiger partial charge is 0.255 e. The van der Waals surface area contributed by atoms with Crippen LogP contribution in [0.4, 0.5) is 15.9 Å². The maximum absolute atomic E-state index is 14.6. The van der Waals surface area contributed by atoms with Crippen molar-refractivity contribution in [3.63, 3.8) is 0 Å². The first-order valence-corrected chi connectivity index (χ1v) is 9.46. The van der Waals surface area contributed by atoms with Gasteiger partial charge in [-0.3, -0.25) is 9.20 Å². The highest BCUT2D eigenvalue weighted by atomic mass is 19.1. The number of amides is 1. The first-order chi connectivity index (χ1) is 14.5. The van der Waals surface area contributed by atoms with E-state index in [0.717, 1.165) is 16.8 Å². The lowest BCUT2D eigenvalue weighted by Crippen LogP contribution is -2.20. The summed E-state index contributed by atoms with van der Waals surface area (Å²) in [6.07, 6.45) is 1.88. The van der Waals surface area contributed by atoms with Crippen molar-refractivity contribution in [1.82, 2.24) is 9.38 Å². The molecule has 7 heteroatoms. The van der Waals surface area contributed by atoms with Gasteiger partial charge in [0.1, 0.15) is 17.2 Å². The predicted octanol–water partition coefficient (Wildman–Crippen LogP) is 4.36. The minimum Gasteiger partial charge on any atom is -0.480 e. The number of primary amides is 1. The van der Waals surface area contributed by atoms with Gasteiger partial charge in [0.25, 0.3) is 5.91 Å². The number of anilines is 2. The lowest BCUT2D eigenvalue weighted by atomic mass is 10.1. The van der Waals surface area contributed by atoms with E-state index in [4.69, 9.17) is 15.5 Å². The molecule has 0 aliphatic rings. The van der Waals surface area contributed by atoms with Crippen LogP contribution in [0.5, 0.6) is 5.75 Å². The van der Waals surface area contributed by atoms with Gasteiger partial charge in [-0.25, -0.2) is 9.37 Å². The van der Waals surface area contributed by atoms with Crippen LogP contribution in [0.1, 0.15) is 11.1 Å². The maximum Gasteiger partial charge on any atom is 0.255 e. The number of pyridine rings is 1. The molecule has 0 saturated heterocycles. The molecule has 0 spiro atoms. The molecule has 0 bridgehead atoms. The van der Waals surface area contributed by atoms with Crippen molar-refractivity contribution in [2.45, 2.75) is 13.8 Å². The number of nitrogens with one attached hydrogen (secondary N) is 1. The topological polar surface area (TPSA) is 81.6 Å². The third-order valence-corrected chi connectivity index (χ3v) is 4.84. The Kier molecular flexibility index (Phi) is 5.10. The number of rotatable bonds is 6. The van der Waals surface area contributed by atoms with Gasteiger partial charge in [0, 0.05) is 17.4 Å². The number of nitrogens with zero attached hydrogens (tertiary/aromatic N) is 2. The second kappa shape index (κ2) is 7.87. The van der Waals surface area contributed by atoms with Crippen molar-refractivity contribution >= 4 is 23.1 Å². The van der Waals surface area contributed by atoms with Gasteiger partial charge in [-0.2, -0.15) is 0 Å². The lowest BCUT2D eigenvalue weighted by molar-refractivity contribution is -0.119. The lowest BCUT2D eigenvalue weighted by Gasteiger charge is -2.15. The minimum absolute atomic E-state index is 0.0655. The largest absolute Gasteiger partial charge is 0.480 e. The normalized spacial score (nSPS) is 10.9. The molecule has 0 atom stereocenters. The highest BCUT2D eigenvalue weighted by molar-refractivity contribution is 5.84. The van der Waals surface area contributed by atoms with Crippen LogP contribution in [0.25, 0.3) is 16.9 Å². The number of imidazole rings is 1. The summed E-state index contributed by atoms with van der Waals surface area (Å²) < 4.78 is 21.9. The average Bonchev–Trinajstić information content (AvgIpc) is 3.08. The molecule has 1 amide bonds. The third kappa shape index (κ3) is 3.57. The molecule has 4 rings (SSSR count). The van der Waals surface area contributed by atoms with Crippen LogP contribution in [0, 0.1) is 19.7 Å². The van der Waals surface area contributed by atoms with Gasteiger partial charge < -0.3 is 15.8 Å². The number of nitrogens with two attached hydrogens (primary N) is 1. The predicted molar refractivity (Wildman–Crippen MR) is 114 cm³/mol. The Hall–Kier alpha value is -3.87. The summed E-state index contributed by atoms with van der Waals surface area (Å²) in [5, 5.41) is 3.47. The van der Waals surface area contributed by atoms with Crippen LogP contribution in [0.3, 0.4) is 0 Å². The number of halogens is 1. The summed E-state index contributed by atoms with van der Waals surface area (Å²) >= 11 is 0. The zero-order chi connectivity index (χ0) is 21.3. The fourth-order valence-electron chi connectivity index (χ4n) is 3.42. The van der Waals surface area contributed by atoms with E-state index in [-0.39, 0.29) is 5.75 Å². The zero-order valence-electron chi connectivity index (χ0n) is 16.6. The van der Waals surface area contributed by atoms with E-state index in [2.05, 4.69) is 5.32 Å². The molecular formula is C23H21FN4O2. The molecule has 0 unspecified atom stereocenters. The van der Waals surface area contributed by atoms with Gasteiger partial charge in [-0.1, -0.05) is 30.3 Å². The molecule has 4 aromatic rings. The van der Waals surface area contributed by atoms with E-state index in [9.17, 15) is 9.18 Å². The number of hydrogen-bond donors (Lipinski definition) is 2. The average molecular weight is 404 g/mol. The number of aromatic nitrogens is 2. The van der Waals surface area contributed by atoms with E-state index in [1.807, 2.05) is 60.8 Å². The van der Waals surface area contributed by atoms with E-state index in [1.165, 1.54) is 6.07 Å². The number of para-hydroxylation sites is 2. The molecule has 0 saturated carbocycles. The molecule has 0 radical (unpaired) electrons. The number of fused-ring (bicyclic) bond motifs is 1. The summed E-state index contributed by atoms with van der Waals surface area (Å²) in [4.78, 5) is 15.9. The molecule has 6 nitrogen and oxygen atoms in total. The molecule has 0 aliphatic carbocycles. The number of hydrogen-bond acceptors (Lipinski definition) is 4. The summed E-state index contributed by atoms with van der Waals surface area (Å²) in [7, 11) is 0. The van der Waals surface area contributed by atoms with Crippen LogP contribution in [0.2, 0.25) is 0 Å². The molecule has 152 valence electrons. The van der Waals surface area contributed by atoms with E-state index >= 15 is 0 Å². The van der Waals surface area contributed by atoms with Crippen LogP contribution < -0.4 is 15.8 Å². The SMILES string of the molecule is Cc1cccc(C)c1Nc1c(-c2cccc(F)c2OCC(N)=O)nc2ccccn12. The fourth-order valence-corrected chi connectivity index (χ4v) is 3.42. The number of benzene rings is 2. The van der Waals surface area contributed by atoms with E-state index in [1.54, 1.807) is 12.1 Å². The molecule has 0 fully saturated rings. The molecule has 2 heterocycles. The fraction of sp³-hybridized carbons (Fsp3) is 0.130. The second-order valence-corrected chi connectivity index (χ2v) is 7.00. The van der Waals surface area contributed by atoms with Gasteiger partial charge >= 0.3 is 0 Å². The van der Waals surface area contributed by atoms with Crippen molar-refractivity contribution in [3.8, 4) is 17.0 Å². The first kappa shape index (κ1) is 19.4. The second-order valence-electron chi connectivity index (χ2n) is 7.00. The van der Waals surface area contributed by atoms with Crippen LogP contribution >= 0.6 is 0 Å². The number of aryl methyl sites for hydroxylation is 2. The Morgan fingerprint density at radius 2 is 1.83 bits per heavy atom. The summed E-state index contributed by atoms with van der Waals surface area (Å²) in [5.41, 5.74) is 9.88. The summed E-state index contributed by atoms with van der Waals surface area (Å²) in [5.74, 6) is -0.682. The minimum atomic E-state index is -0.687. The molecule has 2 aromatic heterocycles. The monoisotopic (exact) mass is 404 g/mol. The Bertz CT molecular complexity index is 1230. The standard InChI is InChI=1S/C23H21FN4O2/c1-14-7-5-8-15(2)20(14)27-23-21(26-19-11-3-4-12-28(19)23)16-9-6-10-17(24)22(16)30-13-18(25)29/h3-12,27H,13H2,1-2H3,(H2,25,29). The number of carbonyl (C=O) groups excluding carboxylic acids is 1. The van der Waals surface area contributed by atoms with Crippen molar-refractivity contribution in [3.05, 3.63) is 77.7 Å². The molecule has 0 aliphatic heterocycles. The van der Waals surface area contributed by atoms with Gasteiger partial charge in [0.15, 0.2) is 18.2 Å². The van der Waals surface area contributed by atoms with E-state index < -0.39 is 18.3 Å². The van der Waals surface area contributed by atoms with Crippen molar-refractivity contribution in [2.75, 3.05) is 11.9 Å². The Balaban J connectivity index is 1.92. The van der Waals surface area contributed by atoms with E-state index in [0.29, 0.717) is 22.7 Å². The number of carbonyl (C=O) groups is 1. The maximum atomic E-state index is 14.6. The van der Waals surface area contributed by atoms with Gasteiger partial charge in [-0.15, -0.1) is 0 Å². The summed E-state index contributed by atoms with van der Waals surface area (Å²) in [6.45, 7) is 3.60.